The Bertz CT molecular complexity index is 495. The van der Waals surface area contributed by atoms with Crippen molar-refractivity contribution in [3.05, 3.63) is 4.60 Å². The predicted molar refractivity (Wildman–Crippen MR) is 62.8 cm³/mol. The molecule has 0 aliphatic carbocycles. The highest BCUT2D eigenvalue weighted by molar-refractivity contribution is 9.10. The summed E-state index contributed by atoms with van der Waals surface area (Å²) in [5, 5.41) is 7.33. The van der Waals surface area contributed by atoms with Crippen molar-refractivity contribution in [1.82, 2.24) is 19.7 Å². The molecule has 0 radical (unpaired) electrons. The summed E-state index contributed by atoms with van der Waals surface area (Å²) >= 11 is 3.07. The third kappa shape index (κ3) is 2.51. The number of sulfonamides is 1. The highest BCUT2D eigenvalue weighted by Crippen LogP contribution is 2.20. The fourth-order valence-electron chi connectivity index (χ4n) is 1.75. The molecule has 1 aliphatic rings. The first-order valence-corrected chi connectivity index (χ1v) is 7.38. The number of hydrogen-bond acceptors (Lipinski definition) is 5. The number of nitrogens with zero attached hydrogens (tertiary/aromatic N) is 3. The summed E-state index contributed by atoms with van der Waals surface area (Å²) < 4.78 is 33.6. The smallest absolute Gasteiger partial charge is 0.260 e. The standard InChI is InChI=1S/C8H13BrN4O3S/c1-5-6(3-4-16-5)11-17(14,15)8-7(9)10-12-13(8)2/h5-6,11H,3-4H2,1-2H3. The van der Waals surface area contributed by atoms with Gasteiger partial charge in [0, 0.05) is 13.7 Å². The summed E-state index contributed by atoms with van der Waals surface area (Å²) in [7, 11) is -2.10. The molecular formula is C8H13BrN4O3S. The first kappa shape index (κ1) is 12.9. The van der Waals surface area contributed by atoms with Gasteiger partial charge in [0.2, 0.25) is 5.03 Å². The van der Waals surface area contributed by atoms with Crippen LogP contribution < -0.4 is 4.72 Å². The van der Waals surface area contributed by atoms with E-state index in [0.29, 0.717) is 13.0 Å². The summed E-state index contributed by atoms with van der Waals surface area (Å²) in [6.45, 7) is 2.41. The van der Waals surface area contributed by atoms with E-state index >= 15 is 0 Å². The van der Waals surface area contributed by atoms with Crippen LogP contribution in [0.1, 0.15) is 13.3 Å². The van der Waals surface area contributed by atoms with E-state index in [9.17, 15) is 8.42 Å². The maximum absolute atomic E-state index is 12.1. The number of aryl methyl sites for hydroxylation is 1. The van der Waals surface area contributed by atoms with Crippen LogP contribution in [0, 0.1) is 0 Å². The Labute approximate surface area is 108 Å². The first-order chi connectivity index (χ1) is 7.92. The molecule has 9 heteroatoms. The lowest BCUT2D eigenvalue weighted by Gasteiger charge is -2.15. The van der Waals surface area contributed by atoms with Gasteiger partial charge in [0.05, 0.1) is 12.1 Å². The molecule has 2 atom stereocenters. The summed E-state index contributed by atoms with van der Waals surface area (Å²) in [5.41, 5.74) is 0. The van der Waals surface area contributed by atoms with Crippen LogP contribution in [-0.4, -0.2) is 42.2 Å². The van der Waals surface area contributed by atoms with Gasteiger partial charge in [0.15, 0.2) is 4.60 Å². The third-order valence-corrected chi connectivity index (χ3v) is 5.05. The van der Waals surface area contributed by atoms with Gasteiger partial charge in [0.25, 0.3) is 10.0 Å². The van der Waals surface area contributed by atoms with Gasteiger partial charge < -0.3 is 4.74 Å². The molecule has 1 fully saturated rings. The zero-order chi connectivity index (χ0) is 12.6. The van der Waals surface area contributed by atoms with E-state index in [0.717, 1.165) is 0 Å². The van der Waals surface area contributed by atoms with E-state index in [2.05, 4.69) is 31.0 Å². The largest absolute Gasteiger partial charge is 0.377 e. The van der Waals surface area contributed by atoms with Gasteiger partial charge >= 0.3 is 0 Å². The average molecular weight is 325 g/mol. The summed E-state index contributed by atoms with van der Waals surface area (Å²) in [5.74, 6) is 0. The topological polar surface area (TPSA) is 86.1 Å². The van der Waals surface area contributed by atoms with Gasteiger partial charge in [-0.2, -0.15) is 0 Å². The molecule has 0 spiro atoms. The van der Waals surface area contributed by atoms with Gasteiger partial charge in [-0.3, -0.25) is 0 Å². The normalized spacial score (nSPS) is 25.4. The minimum absolute atomic E-state index is 0.0246. The zero-order valence-corrected chi connectivity index (χ0v) is 11.8. The van der Waals surface area contributed by atoms with Crippen LogP contribution in [0.4, 0.5) is 0 Å². The predicted octanol–water partition coefficient (Wildman–Crippen LogP) is 0.0333. The van der Waals surface area contributed by atoms with Crippen molar-refractivity contribution in [1.29, 1.82) is 0 Å². The van der Waals surface area contributed by atoms with Gasteiger partial charge in [-0.05, 0) is 29.3 Å². The van der Waals surface area contributed by atoms with Crippen molar-refractivity contribution in [3.8, 4) is 0 Å². The van der Waals surface area contributed by atoms with Crippen molar-refractivity contribution >= 4 is 26.0 Å². The number of ether oxygens (including phenoxy) is 1. The van der Waals surface area contributed by atoms with E-state index < -0.39 is 10.0 Å². The Balaban J connectivity index is 2.25. The minimum atomic E-state index is -3.63. The Hall–Kier alpha value is -0.510. The van der Waals surface area contributed by atoms with Crippen molar-refractivity contribution in [2.45, 2.75) is 30.5 Å². The number of hydrogen-bond donors (Lipinski definition) is 1. The van der Waals surface area contributed by atoms with Gasteiger partial charge in [0.1, 0.15) is 0 Å². The molecule has 1 saturated heterocycles. The molecule has 2 rings (SSSR count). The maximum Gasteiger partial charge on any atom is 0.260 e. The number of halogens is 1. The lowest BCUT2D eigenvalue weighted by molar-refractivity contribution is 0.116. The fourth-order valence-corrected chi connectivity index (χ4v) is 4.18. The molecule has 7 nitrogen and oxygen atoms in total. The summed E-state index contributed by atoms with van der Waals surface area (Å²) in [6, 6.07) is -0.207. The van der Waals surface area contributed by atoms with Crippen molar-refractivity contribution in [3.63, 3.8) is 0 Å². The summed E-state index contributed by atoms with van der Waals surface area (Å²) in [4.78, 5) is 0. The zero-order valence-electron chi connectivity index (χ0n) is 9.42. The second kappa shape index (κ2) is 4.63. The monoisotopic (exact) mass is 324 g/mol. The van der Waals surface area contributed by atoms with Crippen molar-refractivity contribution < 1.29 is 13.2 Å². The van der Waals surface area contributed by atoms with E-state index in [1.54, 1.807) is 0 Å². The molecule has 1 N–H and O–H groups in total. The Morgan fingerprint density at radius 3 is 2.76 bits per heavy atom. The van der Waals surface area contributed by atoms with Crippen molar-refractivity contribution in [2.75, 3.05) is 6.61 Å². The lowest BCUT2D eigenvalue weighted by atomic mass is 10.2. The van der Waals surface area contributed by atoms with Crippen LogP contribution in [0.2, 0.25) is 0 Å². The van der Waals surface area contributed by atoms with Crippen LogP contribution in [0.15, 0.2) is 9.63 Å². The maximum atomic E-state index is 12.1. The van der Waals surface area contributed by atoms with E-state index in [1.807, 2.05) is 6.92 Å². The van der Waals surface area contributed by atoms with Crippen LogP contribution in [0.25, 0.3) is 0 Å². The SMILES string of the molecule is CC1OCCC1NS(=O)(=O)c1c(Br)nnn1C. The molecule has 2 heterocycles. The molecule has 2 unspecified atom stereocenters. The molecule has 0 bridgehead atoms. The Morgan fingerprint density at radius 2 is 2.29 bits per heavy atom. The molecule has 1 aromatic rings. The Kier molecular flexibility index (Phi) is 3.53. The number of rotatable bonds is 3. The van der Waals surface area contributed by atoms with Crippen LogP contribution in [-0.2, 0) is 21.8 Å². The van der Waals surface area contributed by atoms with Crippen LogP contribution >= 0.6 is 15.9 Å². The first-order valence-electron chi connectivity index (χ1n) is 5.11. The molecule has 0 aromatic carbocycles. The molecular weight excluding hydrogens is 312 g/mol. The molecule has 0 saturated carbocycles. The average Bonchev–Trinajstić information content (AvgIpc) is 2.74. The number of aromatic nitrogens is 3. The highest BCUT2D eigenvalue weighted by atomic mass is 79.9. The highest BCUT2D eigenvalue weighted by Gasteiger charge is 2.32. The third-order valence-electron chi connectivity index (χ3n) is 2.67. The van der Waals surface area contributed by atoms with Crippen LogP contribution in [0.3, 0.4) is 0 Å². The number of nitrogens with one attached hydrogen (secondary N) is 1. The molecule has 17 heavy (non-hydrogen) atoms. The van der Waals surface area contributed by atoms with E-state index in [4.69, 9.17) is 4.74 Å². The molecule has 0 amide bonds. The second-order valence-electron chi connectivity index (χ2n) is 3.90. The van der Waals surface area contributed by atoms with Crippen molar-refractivity contribution in [2.24, 2.45) is 7.05 Å². The van der Waals surface area contributed by atoms with Gasteiger partial charge in [-0.1, -0.05) is 5.21 Å². The quantitative estimate of drug-likeness (QED) is 0.848. The Morgan fingerprint density at radius 1 is 1.59 bits per heavy atom. The van der Waals surface area contributed by atoms with E-state index in [-0.39, 0.29) is 21.8 Å². The fraction of sp³-hybridized carbons (Fsp3) is 0.750. The summed E-state index contributed by atoms with van der Waals surface area (Å²) in [6.07, 6.45) is 0.549. The van der Waals surface area contributed by atoms with Gasteiger partial charge in [-0.25, -0.2) is 17.8 Å². The second-order valence-corrected chi connectivity index (χ2v) is 6.28. The van der Waals surface area contributed by atoms with Crippen LogP contribution in [0.5, 0.6) is 0 Å². The molecule has 96 valence electrons. The van der Waals surface area contributed by atoms with E-state index in [1.165, 1.54) is 11.7 Å². The molecule has 1 aliphatic heterocycles. The minimum Gasteiger partial charge on any atom is -0.377 e. The lowest BCUT2D eigenvalue weighted by Crippen LogP contribution is -2.39. The van der Waals surface area contributed by atoms with Gasteiger partial charge in [-0.15, -0.1) is 5.10 Å². The molecule has 1 aromatic heterocycles.